The number of esters is 1. The van der Waals surface area contributed by atoms with Crippen molar-refractivity contribution < 1.29 is 33.8 Å². The second-order valence-electron chi connectivity index (χ2n) is 14.2. The van der Waals surface area contributed by atoms with Crippen molar-refractivity contribution in [2.45, 2.75) is 108 Å². The number of ether oxygens (including phenoxy) is 2. The first-order valence-corrected chi connectivity index (χ1v) is 17.4. The van der Waals surface area contributed by atoms with Gasteiger partial charge in [0.25, 0.3) is 0 Å². The summed E-state index contributed by atoms with van der Waals surface area (Å²) in [6, 6.07) is 7.13. The molecular weight excluding hydrogens is 598 g/mol. The zero-order chi connectivity index (χ0) is 33.5. The van der Waals surface area contributed by atoms with E-state index in [1.54, 1.807) is 18.0 Å². The molecule has 1 aromatic rings. The summed E-state index contributed by atoms with van der Waals surface area (Å²) in [7, 11) is 1.72. The van der Waals surface area contributed by atoms with Crippen molar-refractivity contribution in [3.8, 4) is 0 Å². The monoisotopic (exact) mass is 647 g/mol. The van der Waals surface area contributed by atoms with Crippen LogP contribution in [0.1, 0.15) is 77.4 Å². The molecule has 4 heterocycles. The fourth-order valence-electron chi connectivity index (χ4n) is 8.51. The molecule has 5 bridgehead atoms. The van der Waals surface area contributed by atoms with Crippen molar-refractivity contribution in [3.63, 3.8) is 0 Å². The topological polar surface area (TPSA) is 117 Å². The summed E-state index contributed by atoms with van der Waals surface area (Å²) in [6.07, 6.45) is 11.6. The van der Waals surface area contributed by atoms with Crippen LogP contribution in [-0.4, -0.2) is 99.6 Å². The average Bonchev–Trinajstić information content (AvgIpc) is 3.72. The number of aliphatic hydroxyl groups excluding tert-OH is 1. The van der Waals surface area contributed by atoms with Crippen molar-refractivity contribution in [3.05, 3.63) is 60.2 Å². The Bertz CT molecular complexity index is 1410. The summed E-state index contributed by atoms with van der Waals surface area (Å²) in [4.78, 5) is 62.4. The van der Waals surface area contributed by atoms with E-state index in [1.807, 2.05) is 74.2 Å². The predicted octanol–water partition coefficient (Wildman–Crippen LogP) is 3.80. The summed E-state index contributed by atoms with van der Waals surface area (Å²) >= 11 is 0. The van der Waals surface area contributed by atoms with Gasteiger partial charge in [-0.05, 0) is 37.7 Å². The molecule has 0 unspecified atom stereocenters. The largest absolute Gasteiger partial charge is 0.455 e. The van der Waals surface area contributed by atoms with E-state index in [9.17, 15) is 19.5 Å². The molecule has 1 aliphatic carbocycles. The van der Waals surface area contributed by atoms with Gasteiger partial charge in [-0.25, -0.2) is 0 Å². The fourth-order valence-corrected chi connectivity index (χ4v) is 8.51. The highest BCUT2D eigenvalue weighted by Gasteiger charge is 2.74. The number of nitrogens with zero attached hydrogens (tertiary/aromatic N) is 3. The lowest BCUT2D eigenvalue weighted by molar-refractivity contribution is -0.164. The minimum absolute atomic E-state index is 0.00870. The lowest BCUT2D eigenvalue weighted by Gasteiger charge is -2.42. The maximum absolute atomic E-state index is 15.0. The SMILES string of the molecule is CC(C)[C@H](CO)N1C(=O)[C@H]2[C@@H]3C(=O)O[C@H](c4ccccc4)[C@@H](C)N(C)C(=O)CC/C=C\CN(C4CCCCC4)C(=O)[C@H]1[C@@]21C=C[C@@H]3O1. The minimum atomic E-state index is -1.37. The number of hydrogen-bond donors (Lipinski definition) is 1. The van der Waals surface area contributed by atoms with E-state index in [0.717, 1.165) is 37.7 Å². The second kappa shape index (κ2) is 13.5. The normalized spacial score (nSPS) is 35.1. The van der Waals surface area contributed by atoms with Crippen LogP contribution in [0.2, 0.25) is 0 Å². The van der Waals surface area contributed by atoms with Gasteiger partial charge in [0.15, 0.2) is 0 Å². The Kier molecular flexibility index (Phi) is 9.63. The molecule has 8 atom stereocenters. The number of aliphatic hydroxyl groups is 1. The Morgan fingerprint density at radius 3 is 2.40 bits per heavy atom. The highest BCUT2D eigenvalue weighted by atomic mass is 16.6. The van der Waals surface area contributed by atoms with Gasteiger partial charge in [0, 0.05) is 26.1 Å². The van der Waals surface area contributed by atoms with E-state index in [2.05, 4.69) is 0 Å². The standard InChI is InChI=1S/C37H49N3O7/c1-23(2)27(22-41)40-33-35(44)39(26-16-10-6-11-17-26)21-13-7-12-18-29(42)38(4)24(3)32(25-14-8-5-9-15-25)46-36(45)30-28-19-20-37(33,47-28)31(30)34(40)43/h5,7-9,13-15,19-20,23-24,26-28,30-33,41H,6,10-12,16-18,21-22H2,1-4H3/b13-7-/t24-,27+,28+,30-,31-,32+,33+,37-/m1/s1. The summed E-state index contributed by atoms with van der Waals surface area (Å²) in [5.74, 6) is -3.42. The van der Waals surface area contributed by atoms with Gasteiger partial charge in [-0.2, -0.15) is 0 Å². The summed E-state index contributed by atoms with van der Waals surface area (Å²) in [5.41, 5.74) is -0.633. The Morgan fingerprint density at radius 1 is 1.00 bits per heavy atom. The molecule has 6 rings (SSSR count). The third kappa shape index (κ3) is 5.81. The second-order valence-corrected chi connectivity index (χ2v) is 14.2. The van der Waals surface area contributed by atoms with E-state index in [0.29, 0.717) is 13.0 Å². The number of allylic oxidation sites excluding steroid dienone is 1. The first-order valence-electron chi connectivity index (χ1n) is 17.4. The number of cyclic esters (lactones) is 1. The van der Waals surface area contributed by atoms with Crippen molar-refractivity contribution in [1.82, 2.24) is 14.7 Å². The van der Waals surface area contributed by atoms with Crippen LogP contribution in [-0.2, 0) is 28.7 Å². The van der Waals surface area contributed by atoms with Crippen molar-refractivity contribution in [2.75, 3.05) is 20.2 Å². The molecule has 1 N–H and O–H groups in total. The lowest BCUT2D eigenvalue weighted by atomic mass is 9.74. The first-order chi connectivity index (χ1) is 22.6. The van der Waals surface area contributed by atoms with Crippen LogP contribution in [0.25, 0.3) is 0 Å². The van der Waals surface area contributed by atoms with Crippen LogP contribution in [0.3, 0.4) is 0 Å². The number of benzene rings is 1. The van der Waals surface area contributed by atoms with Crippen LogP contribution in [0, 0.1) is 17.8 Å². The number of likely N-dealkylation sites (N-methyl/N-ethyl adjacent to an activating group) is 1. The first kappa shape index (κ1) is 33.4. The lowest BCUT2D eigenvalue weighted by Crippen LogP contribution is -2.61. The van der Waals surface area contributed by atoms with Crippen molar-refractivity contribution in [1.29, 1.82) is 0 Å². The van der Waals surface area contributed by atoms with E-state index in [1.165, 1.54) is 4.90 Å². The fraction of sp³-hybridized carbons (Fsp3) is 0.622. The number of amides is 3. The molecule has 3 amide bonds. The number of hydrogen-bond acceptors (Lipinski definition) is 7. The molecule has 47 heavy (non-hydrogen) atoms. The quantitative estimate of drug-likeness (QED) is 0.382. The molecule has 1 spiro atoms. The van der Waals surface area contributed by atoms with Crippen LogP contribution in [0.5, 0.6) is 0 Å². The van der Waals surface area contributed by atoms with Crippen LogP contribution in [0.4, 0.5) is 0 Å². The average molecular weight is 648 g/mol. The Balaban J connectivity index is 1.46. The number of carbonyl (C=O) groups excluding carboxylic acids is 4. The molecule has 10 heteroatoms. The third-order valence-corrected chi connectivity index (χ3v) is 11.2. The van der Waals surface area contributed by atoms with Gasteiger partial charge in [-0.1, -0.05) is 87.7 Å². The molecular formula is C37H49N3O7. The zero-order valence-electron chi connectivity index (χ0n) is 28.0. The Labute approximate surface area is 277 Å². The molecule has 2 saturated heterocycles. The van der Waals surface area contributed by atoms with E-state index in [-0.39, 0.29) is 42.7 Å². The van der Waals surface area contributed by atoms with E-state index >= 15 is 4.79 Å². The molecule has 0 radical (unpaired) electrons. The zero-order valence-corrected chi connectivity index (χ0v) is 28.0. The highest BCUT2D eigenvalue weighted by molar-refractivity contribution is 5.99. The van der Waals surface area contributed by atoms with Gasteiger partial charge >= 0.3 is 5.97 Å². The number of carbonyl (C=O) groups is 4. The highest BCUT2D eigenvalue weighted by Crippen LogP contribution is 2.56. The molecule has 4 aliphatic heterocycles. The Morgan fingerprint density at radius 2 is 1.72 bits per heavy atom. The van der Waals surface area contributed by atoms with Crippen LogP contribution < -0.4 is 0 Å². The molecule has 10 nitrogen and oxygen atoms in total. The van der Waals surface area contributed by atoms with Gasteiger partial charge < -0.3 is 29.3 Å². The molecule has 1 aromatic carbocycles. The van der Waals surface area contributed by atoms with E-state index < -0.39 is 53.7 Å². The molecule has 3 fully saturated rings. The maximum Gasteiger partial charge on any atom is 0.313 e. The Hall–Kier alpha value is -3.50. The minimum Gasteiger partial charge on any atom is -0.455 e. The van der Waals surface area contributed by atoms with E-state index in [4.69, 9.17) is 9.47 Å². The van der Waals surface area contributed by atoms with Gasteiger partial charge in [-0.3, -0.25) is 19.2 Å². The molecule has 1 saturated carbocycles. The molecule has 5 aliphatic rings. The summed E-state index contributed by atoms with van der Waals surface area (Å²) in [5, 5.41) is 10.6. The maximum atomic E-state index is 15.0. The smallest absolute Gasteiger partial charge is 0.313 e. The predicted molar refractivity (Wildman–Crippen MR) is 175 cm³/mol. The molecule has 0 aromatic heterocycles. The number of likely N-dealkylation sites (tertiary alicyclic amines) is 1. The third-order valence-electron chi connectivity index (χ3n) is 11.2. The summed E-state index contributed by atoms with van der Waals surface area (Å²) < 4.78 is 12.9. The van der Waals surface area contributed by atoms with Gasteiger partial charge in [-0.15, -0.1) is 0 Å². The van der Waals surface area contributed by atoms with Gasteiger partial charge in [0.1, 0.15) is 23.7 Å². The summed E-state index contributed by atoms with van der Waals surface area (Å²) in [6.45, 7) is 5.72. The van der Waals surface area contributed by atoms with Gasteiger partial charge in [0.2, 0.25) is 17.7 Å². The van der Waals surface area contributed by atoms with Crippen LogP contribution in [0.15, 0.2) is 54.6 Å². The van der Waals surface area contributed by atoms with Crippen LogP contribution >= 0.6 is 0 Å². The van der Waals surface area contributed by atoms with Gasteiger partial charge in [0.05, 0.1) is 30.7 Å². The number of rotatable bonds is 5. The number of fused-ring (bicyclic) bond motifs is 2. The molecule has 254 valence electrons. The van der Waals surface area contributed by atoms with Crippen molar-refractivity contribution >= 4 is 23.7 Å². The van der Waals surface area contributed by atoms with Crippen molar-refractivity contribution in [2.24, 2.45) is 17.8 Å².